The molecule has 0 aromatic heterocycles. The second kappa shape index (κ2) is 70.6. The van der Waals surface area contributed by atoms with Crippen LogP contribution in [-0.2, 0) is 28.6 Å². The van der Waals surface area contributed by atoms with Crippen LogP contribution in [0.15, 0.2) is 109 Å². The summed E-state index contributed by atoms with van der Waals surface area (Å²) < 4.78 is 17.0. The smallest absolute Gasteiger partial charge is 0.306 e. The first kappa shape index (κ1) is 79.1. The summed E-state index contributed by atoms with van der Waals surface area (Å²) in [5.74, 6) is -0.876. The van der Waals surface area contributed by atoms with E-state index in [9.17, 15) is 14.4 Å². The number of carbonyl (C=O) groups is 3. The monoisotopic (exact) mass is 1150 g/mol. The van der Waals surface area contributed by atoms with Crippen molar-refractivity contribution in [1.29, 1.82) is 0 Å². The average Bonchev–Trinajstić information content (AvgIpc) is 3.48. The fourth-order valence-corrected chi connectivity index (χ4v) is 10.00. The second-order valence-electron chi connectivity index (χ2n) is 23.4. The topological polar surface area (TPSA) is 78.9 Å². The zero-order chi connectivity index (χ0) is 59.9. The largest absolute Gasteiger partial charge is 0.462 e. The molecule has 1 atom stereocenters. The fraction of sp³-hybridized carbons (Fsp3) is 0.727. The van der Waals surface area contributed by atoms with Crippen molar-refractivity contribution in [3.8, 4) is 0 Å². The standard InChI is InChI=1S/C77H132O6/c1-4-7-10-13-16-19-22-24-26-28-30-32-34-36-38-40-42-44-46-48-50-52-55-58-61-64-67-70-76(79)82-73-74(72-81-75(78)69-66-63-60-57-54-21-18-15-12-9-6-3)83-77(80)71-68-65-62-59-56-53-51-49-47-45-43-41-39-37-35-33-31-29-27-25-23-20-17-14-11-8-5-2/h7-8,10-11,15-20,24-27,30-33,74H,4-6,9,12-14,21-23,28-29,34-73H2,1-3H3/b10-7-,11-8-,18-15-,19-16-,20-17-,26-24-,27-25-,32-30-,33-31-. The molecule has 0 aromatic rings. The molecular weight excluding hydrogens is 1020 g/mol. The number of allylic oxidation sites excluding steroid dienone is 18. The van der Waals surface area contributed by atoms with Crippen molar-refractivity contribution in [2.75, 3.05) is 13.2 Å². The van der Waals surface area contributed by atoms with Gasteiger partial charge in [0.25, 0.3) is 0 Å². The third-order valence-electron chi connectivity index (χ3n) is 15.2. The predicted molar refractivity (Wildman–Crippen MR) is 362 cm³/mol. The third-order valence-corrected chi connectivity index (χ3v) is 15.2. The Balaban J connectivity index is 4.21. The summed E-state index contributed by atoms with van der Waals surface area (Å²) in [4.78, 5) is 38.4. The van der Waals surface area contributed by atoms with E-state index in [4.69, 9.17) is 14.2 Å². The Hall–Kier alpha value is -3.93. The Kier molecular flexibility index (Phi) is 67.2. The Bertz CT molecular complexity index is 1660. The van der Waals surface area contributed by atoms with Crippen molar-refractivity contribution in [1.82, 2.24) is 0 Å². The van der Waals surface area contributed by atoms with Crippen molar-refractivity contribution in [2.24, 2.45) is 0 Å². The summed E-state index contributed by atoms with van der Waals surface area (Å²) in [6.07, 6.45) is 96.9. The molecule has 0 aliphatic carbocycles. The van der Waals surface area contributed by atoms with Gasteiger partial charge in [-0.25, -0.2) is 0 Å². The van der Waals surface area contributed by atoms with E-state index in [0.29, 0.717) is 19.3 Å². The van der Waals surface area contributed by atoms with Crippen molar-refractivity contribution >= 4 is 17.9 Å². The van der Waals surface area contributed by atoms with Gasteiger partial charge in [-0.05, 0) is 116 Å². The van der Waals surface area contributed by atoms with Crippen LogP contribution in [0.3, 0.4) is 0 Å². The van der Waals surface area contributed by atoms with Crippen LogP contribution in [-0.4, -0.2) is 37.2 Å². The highest BCUT2D eigenvalue weighted by Crippen LogP contribution is 2.17. The first-order chi connectivity index (χ1) is 41.0. The van der Waals surface area contributed by atoms with Crippen LogP contribution in [0.25, 0.3) is 0 Å². The number of esters is 3. The van der Waals surface area contributed by atoms with E-state index in [1.165, 1.54) is 186 Å². The van der Waals surface area contributed by atoms with Crippen LogP contribution in [0, 0.1) is 0 Å². The molecule has 0 N–H and O–H groups in total. The van der Waals surface area contributed by atoms with Crippen LogP contribution in [0.2, 0.25) is 0 Å². The van der Waals surface area contributed by atoms with Gasteiger partial charge in [0.05, 0.1) is 0 Å². The molecule has 6 heteroatoms. The summed E-state index contributed by atoms with van der Waals surface area (Å²) in [5, 5.41) is 0. The SMILES string of the molecule is CC/C=C\C/C=C\C/C=C\C/C=C\CCCCCCCCCCCCCCCCC(=O)OCC(COC(=O)CCCCCCC/C=C\CCCC)OC(=O)CCCCCCCCCCCCCCCC/C=C\C/C=C\C/C=C\C/C=C\CC. The van der Waals surface area contributed by atoms with Gasteiger partial charge in [-0.15, -0.1) is 0 Å². The Labute approximate surface area is 514 Å². The Morgan fingerprint density at radius 1 is 0.253 bits per heavy atom. The molecule has 0 aromatic carbocycles. The van der Waals surface area contributed by atoms with Crippen molar-refractivity contribution in [3.63, 3.8) is 0 Å². The normalized spacial score (nSPS) is 12.8. The van der Waals surface area contributed by atoms with Crippen molar-refractivity contribution in [2.45, 2.75) is 348 Å². The molecule has 6 nitrogen and oxygen atoms in total. The summed E-state index contributed by atoms with van der Waals surface area (Å²) in [7, 11) is 0. The zero-order valence-electron chi connectivity index (χ0n) is 54.7. The van der Waals surface area contributed by atoms with Crippen molar-refractivity contribution < 1.29 is 28.6 Å². The summed E-state index contributed by atoms with van der Waals surface area (Å²) in [5.41, 5.74) is 0. The summed E-state index contributed by atoms with van der Waals surface area (Å²) in [6, 6.07) is 0. The minimum Gasteiger partial charge on any atom is -0.462 e. The lowest BCUT2D eigenvalue weighted by molar-refractivity contribution is -0.167. The maximum Gasteiger partial charge on any atom is 0.306 e. The molecule has 0 saturated carbocycles. The van der Waals surface area contributed by atoms with Crippen molar-refractivity contribution in [3.05, 3.63) is 109 Å². The highest BCUT2D eigenvalue weighted by molar-refractivity contribution is 5.71. The summed E-state index contributed by atoms with van der Waals surface area (Å²) in [6.45, 7) is 6.41. The first-order valence-corrected chi connectivity index (χ1v) is 35.4. The Morgan fingerprint density at radius 3 is 0.747 bits per heavy atom. The lowest BCUT2D eigenvalue weighted by Gasteiger charge is -2.18. The molecule has 0 rings (SSSR count). The van der Waals surface area contributed by atoms with Gasteiger partial charge in [0.15, 0.2) is 6.10 Å². The lowest BCUT2D eigenvalue weighted by Crippen LogP contribution is -2.30. The van der Waals surface area contributed by atoms with Gasteiger partial charge in [-0.2, -0.15) is 0 Å². The van der Waals surface area contributed by atoms with E-state index in [1.54, 1.807) is 0 Å². The molecule has 0 fully saturated rings. The van der Waals surface area contributed by atoms with Crippen LogP contribution < -0.4 is 0 Å². The minimum atomic E-state index is -0.783. The van der Waals surface area contributed by atoms with E-state index >= 15 is 0 Å². The van der Waals surface area contributed by atoms with Gasteiger partial charge in [-0.1, -0.05) is 316 Å². The number of hydrogen-bond acceptors (Lipinski definition) is 6. The molecule has 0 heterocycles. The molecule has 0 radical (unpaired) electrons. The number of ether oxygens (including phenoxy) is 3. The molecule has 0 amide bonds. The van der Waals surface area contributed by atoms with Gasteiger partial charge < -0.3 is 14.2 Å². The molecule has 0 spiro atoms. The van der Waals surface area contributed by atoms with E-state index in [1.807, 2.05) is 0 Å². The van der Waals surface area contributed by atoms with Gasteiger partial charge in [0, 0.05) is 19.3 Å². The summed E-state index contributed by atoms with van der Waals surface area (Å²) >= 11 is 0. The molecule has 0 bridgehead atoms. The van der Waals surface area contributed by atoms with Gasteiger partial charge in [-0.3, -0.25) is 14.4 Å². The number of carbonyl (C=O) groups excluding carboxylic acids is 3. The van der Waals surface area contributed by atoms with E-state index in [-0.39, 0.29) is 31.1 Å². The number of rotatable bonds is 64. The van der Waals surface area contributed by atoms with E-state index < -0.39 is 6.10 Å². The highest BCUT2D eigenvalue weighted by Gasteiger charge is 2.19. The van der Waals surface area contributed by atoms with E-state index in [2.05, 4.69) is 130 Å². The van der Waals surface area contributed by atoms with Crippen LogP contribution in [0.1, 0.15) is 342 Å². The van der Waals surface area contributed by atoms with Gasteiger partial charge in [0.1, 0.15) is 13.2 Å². The fourth-order valence-electron chi connectivity index (χ4n) is 10.00. The maximum absolute atomic E-state index is 13.0. The number of hydrogen-bond donors (Lipinski definition) is 0. The zero-order valence-corrected chi connectivity index (χ0v) is 54.7. The molecule has 0 aliphatic rings. The molecule has 83 heavy (non-hydrogen) atoms. The lowest BCUT2D eigenvalue weighted by atomic mass is 10.0. The van der Waals surface area contributed by atoms with Gasteiger partial charge in [0.2, 0.25) is 0 Å². The molecular formula is C77H132O6. The number of unbranched alkanes of at least 4 members (excludes halogenated alkanes) is 35. The van der Waals surface area contributed by atoms with Crippen LogP contribution in [0.5, 0.6) is 0 Å². The molecule has 0 saturated heterocycles. The van der Waals surface area contributed by atoms with Crippen LogP contribution >= 0.6 is 0 Å². The molecule has 476 valence electrons. The second-order valence-corrected chi connectivity index (χ2v) is 23.4. The molecule has 0 aliphatic heterocycles. The van der Waals surface area contributed by atoms with Crippen LogP contribution in [0.4, 0.5) is 0 Å². The third kappa shape index (κ3) is 68.7. The maximum atomic E-state index is 13.0. The van der Waals surface area contributed by atoms with Gasteiger partial charge >= 0.3 is 17.9 Å². The molecule has 1 unspecified atom stereocenters. The highest BCUT2D eigenvalue weighted by atomic mass is 16.6. The predicted octanol–water partition coefficient (Wildman–Crippen LogP) is 24.6. The quantitative estimate of drug-likeness (QED) is 0.0261. The Morgan fingerprint density at radius 2 is 0.470 bits per heavy atom. The first-order valence-electron chi connectivity index (χ1n) is 35.4. The minimum absolute atomic E-state index is 0.0787. The van der Waals surface area contributed by atoms with E-state index in [0.717, 1.165) is 116 Å². The average molecular weight is 1150 g/mol.